The molecule has 1 aliphatic heterocycles. The van der Waals surface area contributed by atoms with Crippen molar-refractivity contribution in [2.24, 2.45) is 11.5 Å². The first-order chi connectivity index (χ1) is 11.8. The van der Waals surface area contributed by atoms with Crippen molar-refractivity contribution < 1.29 is 19.1 Å². The van der Waals surface area contributed by atoms with Crippen molar-refractivity contribution in [3.63, 3.8) is 0 Å². The number of hydrogen-bond donors (Lipinski definition) is 2. The predicted octanol–water partition coefficient (Wildman–Crippen LogP) is 1.52. The molecule has 0 aliphatic carbocycles. The third kappa shape index (κ3) is 9.05. The van der Waals surface area contributed by atoms with Gasteiger partial charge in [-0.25, -0.2) is 4.79 Å². The van der Waals surface area contributed by atoms with Crippen molar-refractivity contribution in [2.75, 3.05) is 6.54 Å². The first kappa shape index (κ1) is 25.1. The van der Waals surface area contributed by atoms with Crippen LogP contribution in [0.5, 0.6) is 0 Å². The lowest BCUT2D eigenvalue weighted by Crippen LogP contribution is -2.54. The van der Waals surface area contributed by atoms with E-state index in [0.717, 1.165) is 0 Å². The first-order valence-electron chi connectivity index (χ1n) is 8.48. The predicted molar refractivity (Wildman–Crippen MR) is 99.5 cm³/mol. The molecule has 0 saturated carbocycles. The molecule has 1 unspecified atom stereocenters. The summed E-state index contributed by atoms with van der Waals surface area (Å²) < 4.78 is 5.01. The second-order valence-corrected chi connectivity index (χ2v) is 5.47. The molecule has 1 fully saturated rings. The summed E-state index contributed by atoms with van der Waals surface area (Å²) in [6, 6.07) is -1.63. The molecular formula is C18H33N3O4. The Morgan fingerprint density at radius 2 is 1.84 bits per heavy atom. The average molecular weight is 355 g/mol. The van der Waals surface area contributed by atoms with E-state index in [9.17, 15) is 14.4 Å². The van der Waals surface area contributed by atoms with Gasteiger partial charge in [0.2, 0.25) is 11.8 Å². The first-order valence-corrected chi connectivity index (χ1v) is 8.48. The lowest BCUT2D eigenvalue weighted by molar-refractivity contribution is -0.148. The summed E-state index contributed by atoms with van der Waals surface area (Å²) >= 11 is 0. The van der Waals surface area contributed by atoms with Crippen LogP contribution < -0.4 is 11.5 Å². The van der Waals surface area contributed by atoms with Crippen LogP contribution in [0.2, 0.25) is 0 Å². The van der Waals surface area contributed by atoms with Gasteiger partial charge in [-0.15, -0.1) is 13.2 Å². The van der Waals surface area contributed by atoms with Crippen LogP contribution >= 0.6 is 0 Å². The van der Waals surface area contributed by atoms with Gasteiger partial charge in [0.05, 0.1) is 0 Å². The van der Waals surface area contributed by atoms with E-state index in [1.54, 1.807) is 13.8 Å². The molecule has 3 atom stereocenters. The fourth-order valence-electron chi connectivity index (χ4n) is 2.15. The summed E-state index contributed by atoms with van der Waals surface area (Å²) in [5.41, 5.74) is 11.1. The van der Waals surface area contributed by atoms with Crippen molar-refractivity contribution in [2.45, 2.75) is 65.1 Å². The zero-order valence-electron chi connectivity index (χ0n) is 15.9. The van der Waals surface area contributed by atoms with Crippen LogP contribution in [0.1, 0.15) is 47.0 Å². The molecule has 0 bridgehead atoms. The molecule has 0 aromatic rings. The Kier molecular flexibility index (Phi) is 14.3. The van der Waals surface area contributed by atoms with Crippen molar-refractivity contribution in [1.82, 2.24) is 4.90 Å². The smallest absolute Gasteiger partial charge is 0.330 e. The highest BCUT2D eigenvalue weighted by Crippen LogP contribution is 2.18. The number of hydrogen-bond acceptors (Lipinski definition) is 5. The van der Waals surface area contributed by atoms with Gasteiger partial charge >= 0.3 is 5.97 Å². The molecule has 0 spiro atoms. The van der Waals surface area contributed by atoms with Crippen LogP contribution in [0.4, 0.5) is 0 Å². The topological polar surface area (TPSA) is 116 Å². The van der Waals surface area contributed by atoms with Crippen molar-refractivity contribution >= 4 is 17.8 Å². The zero-order chi connectivity index (χ0) is 20.0. The maximum Gasteiger partial charge on any atom is 0.330 e. The van der Waals surface area contributed by atoms with Gasteiger partial charge in [0.15, 0.2) is 0 Å². The highest BCUT2D eigenvalue weighted by molar-refractivity contribution is 5.90. The Labute approximate surface area is 151 Å². The van der Waals surface area contributed by atoms with Gasteiger partial charge in [0.1, 0.15) is 18.2 Å². The van der Waals surface area contributed by atoms with E-state index < -0.39 is 36.0 Å². The van der Waals surface area contributed by atoms with Crippen molar-refractivity contribution in [1.29, 1.82) is 0 Å². The Hall–Kier alpha value is -2.15. The number of ether oxygens (including phenoxy) is 1. The molecule has 1 rings (SSSR count). The molecule has 4 N–H and O–H groups in total. The van der Waals surface area contributed by atoms with E-state index in [4.69, 9.17) is 16.2 Å². The Bertz CT molecular complexity index is 452. The number of primary amides is 1. The number of allylic oxidation sites excluding steroid dienone is 1. The molecule has 25 heavy (non-hydrogen) atoms. The van der Waals surface area contributed by atoms with E-state index >= 15 is 0 Å². The fourth-order valence-corrected chi connectivity index (χ4v) is 2.15. The molecule has 2 amide bonds. The number of esters is 1. The van der Waals surface area contributed by atoms with E-state index in [0.29, 0.717) is 19.4 Å². The molecule has 7 heteroatoms. The zero-order valence-corrected chi connectivity index (χ0v) is 15.9. The van der Waals surface area contributed by atoms with E-state index in [2.05, 4.69) is 27.0 Å². The minimum Gasteiger partial charge on any atom is -0.457 e. The highest BCUT2D eigenvalue weighted by Gasteiger charge is 2.37. The Balaban J connectivity index is 0. The number of carbonyl (C=O) groups is 3. The largest absolute Gasteiger partial charge is 0.457 e. The van der Waals surface area contributed by atoms with Crippen LogP contribution in [0, 0.1) is 0 Å². The van der Waals surface area contributed by atoms with Gasteiger partial charge in [-0.1, -0.05) is 26.3 Å². The summed E-state index contributed by atoms with van der Waals surface area (Å²) in [5, 5.41) is 0. The normalized spacial score (nSPS) is 18.3. The van der Waals surface area contributed by atoms with Gasteiger partial charge in [-0.2, -0.15) is 0 Å². The monoisotopic (exact) mass is 355 g/mol. The number of nitrogens with two attached hydrogens (primary N) is 2. The standard InChI is InChI=1S/C13H21N3O4.C3H8.C2H4/c1-3-5-10(17)20-8(2)11(14)13(19)16-7-4-6-9(16)12(15)18;1-3-2;1-2/h3,5,8-9,11H,4,6-7,14H2,1-2H3,(H2,15,18);3H2,1-2H3;1-2H2/b5-3+;;/t8-,9?,11+;;/m1../s1. The van der Waals surface area contributed by atoms with Gasteiger partial charge in [-0.05, 0) is 26.7 Å². The third-order valence-electron chi connectivity index (χ3n) is 3.26. The fraction of sp³-hybridized carbons (Fsp3) is 0.611. The van der Waals surface area contributed by atoms with Crippen molar-refractivity contribution in [3.8, 4) is 0 Å². The summed E-state index contributed by atoms with van der Waals surface area (Å²) in [6.07, 6.45) is 4.50. The number of likely N-dealkylation sites (tertiary alicyclic amines) is 1. The van der Waals surface area contributed by atoms with Gasteiger partial charge in [0, 0.05) is 12.6 Å². The minimum absolute atomic E-state index is 0.424. The number of amides is 2. The summed E-state index contributed by atoms with van der Waals surface area (Å²) in [4.78, 5) is 36.2. The molecule has 0 aromatic carbocycles. The Morgan fingerprint density at radius 1 is 1.32 bits per heavy atom. The average Bonchev–Trinajstić information content (AvgIpc) is 3.06. The molecule has 1 saturated heterocycles. The van der Waals surface area contributed by atoms with E-state index in [1.807, 2.05) is 0 Å². The lowest BCUT2D eigenvalue weighted by atomic mass is 10.1. The molecule has 144 valence electrons. The molecule has 1 aliphatic rings. The van der Waals surface area contributed by atoms with Gasteiger partial charge < -0.3 is 21.1 Å². The van der Waals surface area contributed by atoms with Crippen molar-refractivity contribution in [3.05, 3.63) is 25.3 Å². The number of carbonyl (C=O) groups excluding carboxylic acids is 3. The second kappa shape index (κ2) is 14.2. The molecule has 7 nitrogen and oxygen atoms in total. The van der Waals surface area contributed by atoms with Crippen LogP contribution in [0.25, 0.3) is 0 Å². The van der Waals surface area contributed by atoms with E-state index in [-0.39, 0.29) is 0 Å². The molecule has 1 heterocycles. The summed E-state index contributed by atoms with van der Waals surface area (Å²) in [7, 11) is 0. The summed E-state index contributed by atoms with van der Waals surface area (Å²) in [6.45, 7) is 13.9. The minimum atomic E-state index is -1.01. The van der Waals surface area contributed by atoms with E-state index in [1.165, 1.54) is 23.5 Å². The number of nitrogens with zero attached hydrogens (tertiary/aromatic N) is 1. The lowest BCUT2D eigenvalue weighted by Gasteiger charge is -2.27. The van der Waals surface area contributed by atoms with Crippen LogP contribution in [0.3, 0.4) is 0 Å². The summed E-state index contributed by atoms with van der Waals surface area (Å²) in [5.74, 6) is -1.52. The molecular weight excluding hydrogens is 322 g/mol. The number of rotatable bonds is 5. The van der Waals surface area contributed by atoms with Crippen LogP contribution in [-0.4, -0.2) is 47.4 Å². The van der Waals surface area contributed by atoms with Gasteiger partial charge in [0.25, 0.3) is 0 Å². The second-order valence-electron chi connectivity index (χ2n) is 5.47. The maximum atomic E-state index is 12.2. The quantitative estimate of drug-likeness (QED) is 0.440. The SMILES string of the molecule is C/C=C/C(=O)O[C@H](C)[C@H](N)C(=O)N1CCCC1C(N)=O.C=C.CCC. The van der Waals surface area contributed by atoms with Crippen LogP contribution in [0.15, 0.2) is 25.3 Å². The Morgan fingerprint density at radius 3 is 2.28 bits per heavy atom. The molecule has 0 radical (unpaired) electrons. The van der Waals surface area contributed by atoms with Crippen LogP contribution in [-0.2, 0) is 19.1 Å². The maximum absolute atomic E-state index is 12.2. The molecule has 0 aromatic heterocycles. The third-order valence-corrected chi connectivity index (χ3v) is 3.26. The highest BCUT2D eigenvalue weighted by atomic mass is 16.5. The van der Waals surface area contributed by atoms with Gasteiger partial charge in [-0.3, -0.25) is 9.59 Å².